The Morgan fingerprint density at radius 1 is 0.941 bits per heavy atom. The number of benzene rings is 2. The summed E-state index contributed by atoms with van der Waals surface area (Å²) in [5.74, 6) is -0.154. The molecule has 2 fully saturated rings. The molecule has 8 heteroatoms. The first-order valence-electron chi connectivity index (χ1n) is 11.8. The molecule has 0 aliphatic carbocycles. The molecule has 0 aromatic heterocycles. The average molecular weight is 482 g/mol. The molecule has 0 bridgehead atoms. The van der Waals surface area contributed by atoms with Crippen LogP contribution in [-0.4, -0.2) is 44.2 Å². The Kier molecular flexibility index (Phi) is 7.48. The highest BCUT2D eigenvalue weighted by Gasteiger charge is 2.25. The van der Waals surface area contributed by atoms with Crippen molar-refractivity contribution in [2.75, 3.05) is 29.9 Å². The van der Waals surface area contributed by atoms with E-state index in [1.165, 1.54) is 6.08 Å². The molecule has 4 rings (SSSR count). The molecule has 2 amide bonds. The van der Waals surface area contributed by atoms with Gasteiger partial charge in [0.25, 0.3) is 0 Å². The molecular formula is C26H31N3O4S. The fourth-order valence-corrected chi connectivity index (χ4v) is 5.99. The van der Waals surface area contributed by atoms with Crippen molar-refractivity contribution in [2.24, 2.45) is 0 Å². The van der Waals surface area contributed by atoms with Gasteiger partial charge in [-0.25, -0.2) is 8.42 Å². The van der Waals surface area contributed by atoms with E-state index < -0.39 is 10.0 Å². The Bertz CT molecular complexity index is 1180. The molecule has 0 spiro atoms. The number of hydrogen-bond acceptors (Lipinski definition) is 4. The highest BCUT2D eigenvalue weighted by Crippen LogP contribution is 2.27. The van der Waals surface area contributed by atoms with E-state index in [0.717, 1.165) is 55.5 Å². The quantitative estimate of drug-likeness (QED) is 0.622. The smallest absolute Gasteiger partial charge is 0.248 e. The molecule has 2 saturated heterocycles. The van der Waals surface area contributed by atoms with Crippen molar-refractivity contribution < 1.29 is 18.0 Å². The molecule has 2 aliphatic rings. The van der Waals surface area contributed by atoms with Crippen LogP contribution >= 0.6 is 0 Å². The number of carbonyl (C=O) groups is 2. The fourth-order valence-electron chi connectivity index (χ4n) is 4.48. The van der Waals surface area contributed by atoms with Crippen LogP contribution in [0.1, 0.15) is 49.7 Å². The van der Waals surface area contributed by atoms with Crippen LogP contribution in [0, 0.1) is 6.92 Å². The topological polar surface area (TPSA) is 86.8 Å². The molecule has 2 aliphatic heterocycles. The van der Waals surface area contributed by atoms with E-state index in [9.17, 15) is 18.0 Å². The fraction of sp³-hybridized carbons (Fsp3) is 0.385. The van der Waals surface area contributed by atoms with Gasteiger partial charge in [-0.05, 0) is 73.7 Å². The van der Waals surface area contributed by atoms with E-state index in [1.807, 2.05) is 19.1 Å². The Balaban J connectivity index is 1.37. The van der Waals surface area contributed by atoms with E-state index in [4.69, 9.17) is 0 Å². The Morgan fingerprint density at radius 3 is 2.26 bits per heavy atom. The normalized spacial score (nSPS) is 17.8. The Morgan fingerprint density at radius 2 is 1.65 bits per heavy atom. The van der Waals surface area contributed by atoms with Gasteiger partial charge in [0.1, 0.15) is 0 Å². The number of hydrogen-bond donors (Lipinski definition) is 1. The molecule has 0 saturated carbocycles. The third-order valence-electron chi connectivity index (χ3n) is 6.34. The predicted molar refractivity (Wildman–Crippen MR) is 134 cm³/mol. The molecule has 0 atom stereocenters. The van der Waals surface area contributed by atoms with Crippen molar-refractivity contribution in [3.05, 3.63) is 59.7 Å². The minimum atomic E-state index is -3.49. The summed E-state index contributed by atoms with van der Waals surface area (Å²) in [6.07, 6.45) is 8.45. The summed E-state index contributed by atoms with van der Waals surface area (Å²) < 4.78 is 27.4. The zero-order chi connectivity index (χ0) is 24.1. The van der Waals surface area contributed by atoms with Crippen molar-refractivity contribution in [1.82, 2.24) is 4.31 Å². The van der Waals surface area contributed by atoms with E-state index in [1.54, 1.807) is 45.6 Å². The summed E-state index contributed by atoms with van der Waals surface area (Å²) in [7, 11) is -3.49. The summed E-state index contributed by atoms with van der Waals surface area (Å²) in [6.45, 7) is 3.79. The summed E-state index contributed by atoms with van der Waals surface area (Å²) in [5.41, 5.74) is 3.20. The van der Waals surface area contributed by atoms with E-state index in [0.29, 0.717) is 25.2 Å². The first-order valence-corrected chi connectivity index (χ1v) is 13.3. The van der Waals surface area contributed by atoms with Gasteiger partial charge in [0, 0.05) is 43.5 Å². The lowest BCUT2D eigenvalue weighted by atomic mass is 10.1. The van der Waals surface area contributed by atoms with Crippen molar-refractivity contribution in [3.8, 4) is 0 Å². The number of carbonyl (C=O) groups excluding carboxylic acids is 2. The number of amides is 2. The van der Waals surface area contributed by atoms with Gasteiger partial charge in [0.15, 0.2) is 0 Å². The maximum atomic E-state index is 12.9. The number of anilines is 2. The average Bonchev–Trinajstić information content (AvgIpc) is 3.06. The van der Waals surface area contributed by atoms with E-state index >= 15 is 0 Å². The van der Waals surface area contributed by atoms with E-state index in [-0.39, 0.29) is 16.7 Å². The molecule has 7 nitrogen and oxygen atoms in total. The second-order valence-corrected chi connectivity index (χ2v) is 10.8. The van der Waals surface area contributed by atoms with Gasteiger partial charge in [-0.2, -0.15) is 4.31 Å². The van der Waals surface area contributed by atoms with Gasteiger partial charge in [0.05, 0.1) is 4.90 Å². The molecule has 180 valence electrons. The van der Waals surface area contributed by atoms with Crippen LogP contribution in [0.25, 0.3) is 6.08 Å². The van der Waals surface area contributed by atoms with Gasteiger partial charge in [-0.1, -0.05) is 25.0 Å². The lowest BCUT2D eigenvalue weighted by molar-refractivity contribution is -0.117. The monoisotopic (exact) mass is 481 g/mol. The van der Waals surface area contributed by atoms with Crippen LogP contribution in [0.2, 0.25) is 0 Å². The minimum absolute atomic E-state index is 0.132. The Labute approximate surface area is 201 Å². The van der Waals surface area contributed by atoms with Crippen LogP contribution in [0.5, 0.6) is 0 Å². The van der Waals surface area contributed by atoms with Crippen LogP contribution in [-0.2, 0) is 19.6 Å². The molecule has 0 radical (unpaired) electrons. The minimum Gasteiger partial charge on any atom is -0.323 e. The number of nitrogens with one attached hydrogen (secondary N) is 1. The van der Waals surface area contributed by atoms with E-state index in [2.05, 4.69) is 5.32 Å². The number of sulfonamides is 1. The maximum absolute atomic E-state index is 12.9. The second kappa shape index (κ2) is 10.5. The molecule has 2 aromatic carbocycles. The zero-order valence-corrected chi connectivity index (χ0v) is 20.3. The lowest BCUT2D eigenvalue weighted by Crippen LogP contribution is -2.31. The van der Waals surface area contributed by atoms with Crippen molar-refractivity contribution in [2.45, 2.75) is 50.3 Å². The van der Waals surface area contributed by atoms with Crippen molar-refractivity contribution in [3.63, 3.8) is 0 Å². The third kappa shape index (κ3) is 5.56. The molecule has 2 aromatic rings. The van der Waals surface area contributed by atoms with Crippen LogP contribution < -0.4 is 10.2 Å². The first kappa shape index (κ1) is 24.2. The lowest BCUT2D eigenvalue weighted by Gasteiger charge is -2.19. The van der Waals surface area contributed by atoms with Gasteiger partial charge in [-0.15, -0.1) is 0 Å². The standard InChI is InChI=1S/C26H31N3O4S/c1-20-19-22(11-14-24(20)29-18-6-7-26(29)31)27-25(30)15-10-21-8-12-23(13-9-21)34(32,33)28-16-4-2-3-5-17-28/h8-15,19H,2-7,16-18H2,1H3,(H,27,30)/b15-10+. The molecular weight excluding hydrogens is 450 g/mol. The second-order valence-electron chi connectivity index (χ2n) is 8.86. The SMILES string of the molecule is Cc1cc(NC(=O)/C=C/c2ccc(S(=O)(=O)N3CCCCCC3)cc2)ccc1N1CCCC1=O. The third-order valence-corrected chi connectivity index (χ3v) is 8.25. The first-order chi connectivity index (χ1) is 16.3. The summed E-state index contributed by atoms with van der Waals surface area (Å²) in [6, 6.07) is 12.1. The zero-order valence-electron chi connectivity index (χ0n) is 19.5. The van der Waals surface area contributed by atoms with Crippen LogP contribution in [0.3, 0.4) is 0 Å². The molecule has 1 N–H and O–H groups in total. The Hall–Kier alpha value is -2.97. The summed E-state index contributed by atoms with van der Waals surface area (Å²) in [5, 5.41) is 2.83. The van der Waals surface area contributed by atoms with Crippen molar-refractivity contribution in [1.29, 1.82) is 0 Å². The summed E-state index contributed by atoms with van der Waals surface area (Å²) in [4.78, 5) is 26.5. The highest BCUT2D eigenvalue weighted by atomic mass is 32.2. The largest absolute Gasteiger partial charge is 0.323 e. The number of nitrogens with zero attached hydrogens (tertiary/aromatic N) is 2. The van der Waals surface area contributed by atoms with Gasteiger partial charge < -0.3 is 10.2 Å². The molecule has 2 heterocycles. The molecule has 0 unspecified atom stereocenters. The summed E-state index contributed by atoms with van der Waals surface area (Å²) >= 11 is 0. The van der Waals surface area contributed by atoms with Crippen molar-refractivity contribution >= 4 is 39.3 Å². The van der Waals surface area contributed by atoms with Crippen LogP contribution in [0.4, 0.5) is 11.4 Å². The number of rotatable bonds is 6. The maximum Gasteiger partial charge on any atom is 0.248 e. The van der Waals surface area contributed by atoms with Gasteiger partial charge >= 0.3 is 0 Å². The van der Waals surface area contributed by atoms with Crippen LogP contribution in [0.15, 0.2) is 53.4 Å². The van der Waals surface area contributed by atoms with Gasteiger partial charge in [0.2, 0.25) is 21.8 Å². The highest BCUT2D eigenvalue weighted by molar-refractivity contribution is 7.89. The predicted octanol–water partition coefficient (Wildman–Crippen LogP) is 4.34. The molecule has 34 heavy (non-hydrogen) atoms. The van der Waals surface area contributed by atoms with Gasteiger partial charge in [-0.3, -0.25) is 9.59 Å². The number of aryl methyl sites for hydroxylation is 1.